The molecule has 9 heteroatoms. The van der Waals surface area contributed by atoms with Crippen LogP contribution in [0.3, 0.4) is 0 Å². The van der Waals surface area contributed by atoms with Crippen LogP contribution in [-0.4, -0.2) is 33.2 Å². The summed E-state index contributed by atoms with van der Waals surface area (Å²) in [5.41, 5.74) is 5.41. The molecule has 0 saturated heterocycles. The summed E-state index contributed by atoms with van der Waals surface area (Å²) < 4.78 is 62.1. The molecule has 1 fully saturated rings. The average molecular weight is 303 g/mol. The summed E-state index contributed by atoms with van der Waals surface area (Å²) in [7, 11) is -4.16. The van der Waals surface area contributed by atoms with Crippen LogP contribution in [0.4, 0.5) is 13.2 Å². The van der Waals surface area contributed by atoms with Crippen LogP contribution >= 0.6 is 0 Å². The fourth-order valence-electron chi connectivity index (χ4n) is 2.08. The molecule has 4 N–H and O–H groups in total. The van der Waals surface area contributed by atoms with E-state index in [1.54, 1.807) is 0 Å². The van der Waals surface area contributed by atoms with Gasteiger partial charge in [-0.15, -0.1) is 0 Å². The normalized spacial score (nSPS) is 21.1. The Balaban J connectivity index is 2.45. The molecule has 0 aliphatic heterocycles. The summed E-state index contributed by atoms with van der Waals surface area (Å²) >= 11 is 0. The SMILES string of the molecule is NC1(CNS(=O)(=O)NCC(F)(F)F)CCCCCC1. The monoisotopic (exact) mass is 303 g/mol. The van der Waals surface area contributed by atoms with Crippen molar-refractivity contribution >= 4 is 10.2 Å². The molecule has 0 radical (unpaired) electrons. The lowest BCUT2D eigenvalue weighted by Crippen LogP contribution is -2.52. The highest BCUT2D eigenvalue weighted by molar-refractivity contribution is 7.87. The summed E-state index contributed by atoms with van der Waals surface area (Å²) in [6.07, 6.45) is 0.708. The number of nitrogens with two attached hydrogens (primary N) is 1. The van der Waals surface area contributed by atoms with Crippen molar-refractivity contribution < 1.29 is 21.6 Å². The first-order chi connectivity index (χ1) is 8.62. The quantitative estimate of drug-likeness (QED) is 0.663. The van der Waals surface area contributed by atoms with Gasteiger partial charge in [0, 0.05) is 12.1 Å². The molecule has 0 unspecified atom stereocenters. The van der Waals surface area contributed by atoms with E-state index in [2.05, 4.69) is 4.72 Å². The van der Waals surface area contributed by atoms with Crippen LogP contribution in [0.15, 0.2) is 0 Å². The van der Waals surface area contributed by atoms with E-state index in [1.807, 2.05) is 0 Å². The molecule has 0 aromatic rings. The largest absolute Gasteiger partial charge is 0.402 e. The van der Waals surface area contributed by atoms with Crippen molar-refractivity contribution in [3.05, 3.63) is 0 Å². The minimum atomic E-state index is -4.57. The second kappa shape index (κ2) is 6.38. The Morgan fingerprint density at radius 2 is 1.58 bits per heavy atom. The van der Waals surface area contributed by atoms with Gasteiger partial charge in [0.15, 0.2) is 0 Å². The van der Waals surface area contributed by atoms with E-state index in [0.717, 1.165) is 25.7 Å². The smallest absolute Gasteiger partial charge is 0.324 e. The number of alkyl halides is 3. The highest BCUT2D eigenvalue weighted by Crippen LogP contribution is 2.24. The van der Waals surface area contributed by atoms with Gasteiger partial charge in [0.25, 0.3) is 10.2 Å². The summed E-state index contributed by atoms with van der Waals surface area (Å²) in [6, 6.07) is 0. The van der Waals surface area contributed by atoms with Gasteiger partial charge < -0.3 is 5.73 Å². The van der Waals surface area contributed by atoms with Crippen LogP contribution in [0.5, 0.6) is 0 Å². The molecular weight excluding hydrogens is 283 g/mol. The van der Waals surface area contributed by atoms with Crippen molar-refractivity contribution in [3.63, 3.8) is 0 Å². The lowest BCUT2D eigenvalue weighted by molar-refractivity contribution is -0.121. The van der Waals surface area contributed by atoms with Gasteiger partial charge in [-0.1, -0.05) is 25.7 Å². The fourth-order valence-corrected chi connectivity index (χ4v) is 3.01. The van der Waals surface area contributed by atoms with Gasteiger partial charge in [0.05, 0.1) is 0 Å². The molecule has 0 spiro atoms. The first kappa shape index (κ1) is 16.7. The molecule has 1 saturated carbocycles. The zero-order chi connectivity index (χ0) is 14.6. The Morgan fingerprint density at radius 3 is 2.05 bits per heavy atom. The van der Waals surface area contributed by atoms with Gasteiger partial charge >= 0.3 is 6.18 Å². The number of halogens is 3. The summed E-state index contributed by atoms with van der Waals surface area (Å²) in [6.45, 7) is -1.62. The van der Waals surface area contributed by atoms with Gasteiger partial charge in [-0.3, -0.25) is 0 Å². The Hall–Kier alpha value is -0.380. The molecule has 0 aromatic carbocycles. The Labute approximate surface area is 111 Å². The minimum Gasteiger partial charge on any atom is -0.324 e. The third kappa shape index (κ3) is 7.09. The molecule has 5 nitrogen and oxygen atoms in total. The molecule has 1 aliphatic rings. The van der Waals surface area contributed by atoms with Crippen molar-refractivity contribution in [2.45, 2.75) is 50.2 Å². The molecule has 0 heterocycles. The highest BCUT2D eigenvalue weighted by Gasteiger charge is 2.31. The van der Waals surface area contributed by atoms with E-state index in [1.165, 1.54) is 4.72 Å². The van der Waals surface area contributed by atoms with Crippen LogP contribution in [0.2, 0.25) is 0 Å². The van der Waals surface area contributed by atoms with Gasteiger partial charge in [0.1, 0.15) is 6.54 Å². The maximum atomic E-state index is 11.9. The average Bonchev–Trinajstić information content (AvgIpc) is 2.50. The van der Waals surface area contributed by atoms with Crippen LogP contribution in [0.25, 0.3) is 0 Å². The second-order valence-corrected chi connectivity index (χ2v) is 6.62. The summed E-state index contributed by atoms with van der Waals surface area (Å²) in [5.74, 6) is 0. The Bertz CT molecular complexity index is 376. The highest BCUT2D eigenvalue weighted by atomic mass is 32.2. The second-order valence-electron chi connectivity index (χ2n) is 5.04. The van der Waals surface area contributed by atoms with Crippen LogP contribution in [-0.2, 0) is 10.2 Å². The van der Waals surface area contributed by atoms with Crippen molar-refractivity contribution in [2.24, 2.45) is 5.73 Å². The van der Waals surface area contributed by atoms with E-state index < -0.39 is 28.5 Å². The summed E-state index contributed by atoms with van der Waals surface area (Å²) in [4.78, 5) is 0. The zero-order valence-electron chi connectivity index (χ0n) is 10.6. The van der Waals surface area contributed by atoms with E-state index in [9.17, 15) is 21.6 Å². The molecule has 1 aliphatic carbocycles. The Kier molecular flexibility index (Phi) is 5.60. The fraction of sp³-hybridized carbons (Fsp3) is 1.00. The molecular formula is C10H20F3N3O2S. The maximum absolute atomic E-state index is 11.9. The molecule has 0 aromatic heterocycles. The van der Waals surface area contributed by atoms with Gasteiger partial charge in [-0.05, 0) is 12.8 Å². The van der Waals surface area contributed by atoms with Crippen LogP contribution < -0.4 is 15.2 Å². The van der Waals surface area contributed by atoms with Crippen LogP contribution in [0.1, 0.15) is 38.5 Å². The van der Waals surface area contributed by atoms with E-state index in [-0.39, 0.29) is 6.54 Å². The molecule has 19 heavy (non-hydrogen) atoms. The number of nitrogens with one attached hydrogen (secondary N) is 2. The van der Waals surface area contributed by atoms with Gasteiger partial charge in [-0.2, -0.15) is 26.3 Å². The molecule has 0 bridgehead atoms. The van der Waals surface area contributed by atoms with E-state index in [0.29, 0.717) is 12.8 Å². The van der Waals surface area contributed by atoms with E-state index in [4.69, 9.17) is 5.73 Å². The number of hydrogen-bond acceptors (Lipinski definition) is 3. The first-order valence-corrected chi connectivity index (χ1v) is 7.70. The topological polar surface area (TPSA) is 84.2 Å². The van der Waals surface area contributed by atoms with Gasteiger partial charge in [-0.25, -0.2) is 4.72 Å². The lowest BCUT2D eigenvalue weighted by Gasteiger charge is -2.28. The van der Waals surface area contributed by atoms with Crippen molar-refractivity contribution in [3.8, 4) is 0 Å². The Morgan fingerprint density at radius 1 is 1.05 bits per heavy atom. The van der Waals surface area contributed by atoms with Crippen molar-refractivity contribution in [2.75, 3.05) is 13.1 Å². The third-order valence-electron chi connectivity index (χ3n) is 3.18. The summed E-state index contributed by atoms with van der Waals surface area (Å²) in [5, 5.41) is 0. The van der Waals surface area contributed by atoms with Crippen molar-refractivity contribution in [1.82, 2.24) is 9.44 Å². The number of rotatable bonds is 5. The molecule has 0 amide bonds. The lowest BCUT2D eigenvalue weighted by atomic mass is 9.92. The predicted molar refractivity (Wildman–Crippen MR) is 65.6 cm³/mol. The van der Waals surface area contributed by atoms with Crippen molar-refractivity contribution in [1.29, 1.82) is 0 Å². The standard InChI is InChI=1S/C10H20F3N3O2S/c11-10(12,13)8-16-19(17,18)15-7-9(14)5-3-1-2-4-6-9/h15-16H,1-8,14H2. The minimum absolute atomic E-state index is 0.0415. The van der Waals surface area contributed by atoms with Gasteiger partial charge in [0.2, 0.25) is 0 Å². The molecule has 114 valence electrons. The maximum Gasteiger partial charge on any atom is 0.402 e. The number of hydrogen-bond donors (Lipinski definition) is 3. The molecule has 0 atom stereocenters. The van der Waals surface area contributed by atoms with E-state index >= 15 is 0 Å². The molecule has 1 rings (SSSR count). The third-order valence-corrected chi connectivity index (χ3v) is 4.22. The first-order valence-electron chi connectivity index (χ1n) is 6.22. The zero-order valence-corrected chi connectivity index (χ0v) is 11.4. The predicted octanol–water partition coefficient (Wildman–Crippen LogP) is 1.02. The van der Waals surface area contributed by atoms with Crippen LogP contribution in [0, 0.1) is 0 Å².